The minimum Gasteiger partial charge on any atom is -0.483 e. The lowest BCUT2D eigenvalue weighted by molar-refractivity contribution is -0.139. The summed E-state index contributed by atoms with van der Waals surface area (Å²) in [4.78, 5) is 39.4. The molecular weight excluding hydrogens is 578 g/mol. The van der Waals surface area contributed by atoms with Crippen LogP contribution in [-0.4, -0.2) is 71.4 Å². The van der Waals surface area contributed by atoms with Gasteiger partial charge >= 0.3 is 0 Å². The lowest BCUT2D eigenvalue weighted by Crippen LogP contribution is -2.52. The zero-order valence-electron chi connectivity index (χ0n) is 28.0. The van der Waals surface area contributed by atoms with Crippen LogP contribution in [0, 0.1) is 6.92 Å². The zero-order chi connectivity index (χ0) is 33.2. The van der Waals surface area contributed by atoms with Crippen molar-refractivity contribution in [1.82, 2.24) is 25.1 Å². The normalized spacial score (nSPS) is 18.0. The van der Waals surface area contributed by atoms with E-state index in [2.05, 4.69) is 39.4 Å². The van der Waals surface area contributed by atoms with Crippen LogP contribution in [0.5, 0.6) is 5.75 Å². The van der Waals surface area contributed by atoms with Crippen molar-refractivity contribution in [2.75, 3.05) is 50.5 Å². The number of hydrogen-bond acceptors (Lipinski definition) is 8. The van der Waals surface area contributed by atoms with Crippen molar-refractivity contribution in [2.45, 2.75) is 53.9 Å². The van der Waals surface area contributed by atoms with Gasteiger partial charge in [-0.2, -0.15) is 4.98 Å². The number of fused-ring (bicyclic) bond motifs is 4. The summed E-state index contributed by atoms with van der Waals surface area (Å²) in [5, 5.41) is 9.81. The Hall–Kier alpha value is -4.86. The highest BCUT2D eigenvalue weighted by molar-refractivity contribution is 5.97. The zero-order valence-corrected chi connectivity index (χ0v) is 28.0. The van der Waals surface area contributed by atoms with E-state index in [4.69, 9.17) is 4.74 Å². The second-order valence-electron chi connectivity index (χ2n) is 11.6. The predicted molar refractivity (Wildman–Crippen MR) is 185 cm³/mol. The van der Waals surface area contributed by atoms with Gasteiger partial charge in [0, 0.05) is 67.6 Å². The molecule has 0 unspecified atom stereocenters. The fraction of sp³-hybridized carbons (Fsp3) is 0.389. The molecule has 244 valence electrons. The van der Waals surface area contributed by atoms with Gasteiger partial charge in [-0.25, -0.2) is 4.98 Å². The maximum atomic E-state index is 13.4. The van der Waals surface area contributed by atoms with Gasteiger partial charge in [0.05, 0.1) is 0 Å². The molecule has 3 N–H and O–H groups in total. The number of nitrogens with one attached hydrogen (secondary N) is 3. The summed E-state index contributed by atoms with van der Waals surface area (Å²) in [7, 11) is 1.85. The van der Waals surface area contributed by atoms with E-state index in [9.17, 15) is 9.59 Å². The molecule has 2 amide bonds. The van der Waals surface area contributed by atoms with E-state index in [-0.39, 0.29) is 18.4 Å². The third kappa shape index (κ3) is 8.65. The van der Waals surface area contributed by atoms with Gasteiger partial charge in [-0.15, -0.1) is 0 Å². The maximum absolute atomic E-state index is 13.4. The van der Waals surface area contributed by atoms with Crippen LogP contribution in [0.25, 0.3) is 0 Å². The summed E-state index contributed by atoms with van der Waals surface area (Å²) in [5.41, 5.74) is 7.35. The molecule has 0 saturated carbocycles. The van der Waals surface area contributed by atoms with Crippen LogP contribution in [0.4, 0.5) is 17.5 Å². The topological polar surface area (TPSA) is 112 Å². The summed E-state index contributed by atoms with van der Waals surface area (Å²) in [6.45, 7) is 15.7. The van der Waals surface area contributed by atoms with Gasteiger partial charge in [-0.05, 0) is 88.4 Å². The Morgan fingerprint density at radius 3 is 2.52 bits per heavy atom. The number of allylic oxidation sites excluding steroid dienone is 6. The Bertz CT molecular complexity index is 1580. The number of amides is 2. The molecule has 0 atom stereocenters. The highest BCUT2D eigenvalue weighted by Crippen LogP contribution is 2.29. The number of nitrogens with zero attached hydrogens (tertiary/aromatic N) is 4. The average Bonchev–Trinajstić information content (AvgIpc) is 3.08. The van der Waals surface area contributed by atoms with Crippen molar-refractivity contribution in [3.63, 3.8) is 0 Å². The van der Waals surface area contributed by atoms with Crippen LogP contribution in [0.2, 0.25) is 0 Å². The molecule has 4 rings (SSSR count). The Labute approximate surface area is 273 Å². The van der Waals surface area contributed by atoms with Gasteiger partial charge in [-0.1, -0.05) is 31.2 Å². The Balaban J connectivity index is 1.46. The Morgan fingerprint density at radius 1 is 1.11 bits per heavy atom. The minimum atomic E-state index is -0.0998. The third-order valence-electron chi connectivity index (χ3n) is 8.39. The average molecular weight is 626 g/mol. The Kier molecular flexibility index (Phi) is 11.8. The molecule has 4 bridgehead atoms. The van der Waals surface area contributed by atoms with Gasteiger partial charge in [0.25, 0.3) is 11.8 Å². The second kappa shape index (κ2) is 15.9. The van der Waals surface area contributed by atoms with Crippen LogP contribution in [0.15, 0.2) is 83.4 Å². The molecule has 0 spiro atoms. The van der Waals surface area contributed by atoms with Crippen molar-refractivity contribution >= 4 is 29.3 Å². The molecule has 1 aromatic carbocycles. The van der Waals surface area contributed by atoms with Gasteiger partial charge < -0.3 is 30.5 Å². The molecule has 1 saturated heterocycles. The van der Waals surface area contributed by atoms with E-state index in [1.807, 2.05) is 82.1 Å². The lowest BCUT2D eigenvalue weighted by atomic mass is 10.0. The van der Waals surface area contributed by atoms with Gasteiger partial charge in [0.1, 0.15) is 11.6 Å². The van der Waals surface area contributed by atoms with Crippen molar-refractivity contribution in [2.24, 2.45) is 0 Å². The van der Waals surface area contributed by atoms with Crippen LogP contribution in [0.3, 0.4) is 0 Å². The number of benzene rings is 1. The SMILES string of the molecule is C=C/C1=C\C(=C/C)Nc2ncc(C)c(n2)Nc2ccc(OCC(=O)N3CCN(C(=O)C(/C=C(/C)NC)=C(/C)CC)CC3)c(c2)CC1. The first-order valence-corrected chi connectivity index (χ1v) is 15.9. The number of carbonyl (C=O) groups excluding carboxylic acids is 2. The largest absolute Gasteiger partial charge is 0.483 e. The fourth-order valence-electron chi connectivity index (χ4n) is 5.20. The molecule has 0 aliphatic carbocycles. The molecule has 1 fully saturated rings. The number of hydrogen-bond donors (Lipinski definition) is 3. The summed E-state index contributed by atoms with van der Waals surface area (Å²) in [6.07, 6.45) is 11.8. The molecular formula is C36H47N7O3. The smallest absolute Gasteiger partial charge is 0.260 e. The fourth-order valence-corrected chi connectivity index (χ4v) is 5.20. The second-order valence-corrected chi connectivity index (χ2v) is 11.6. The van der Waals surface area contributed by atoms with E-state index in [1.165, 1.54) is 0 Å². The van der Waals surface area contributed by atoms with Crippen LogP contribution < -0.4 is 20.7 Å². The van der Waals surface area contributed by atoms with Gasteiger partial charge in [-0.3, -0.25) is 9.59 Å². The van der Waals surface area contributed by atoms with E-state index in [0.717, 1.165) is 52.2 Å². The van der Waals surface area contributed by atoms with Crippen LogP contribution in [-0.2, 0) is 16.0 Å². The highest BCUT2D eigenvalue weighted by Gasteiger charge is 2.26. The number of aryl methyl sites for hydroxylation is 2. The first-order chi connectivity index (χ1) is 22.1. The van der Waals surface area contributed by atoms with Crippen molar-refractivity contribution < 1.29 is 14.3 Å². The van der Waals surface area contributed by atoms with E-state index in [1.54, 1.807) is 11.1 Å². The first-order valence-electron chi connectivity index (χ1n) is 15.9. The Morgan fingerprint density at radius 2 is 1.85 bits per heavy atom. The maximum Gasteiger partial charge on any atom is 0.260 e. The summed E-state index contributed by atoms with van der Waals surface area (Å²) in [6, 6.07) is 5.87. The van der Waals surface area contributed by atoms with Crippen LogP contribution in [0.1, 0.15) is 51.7 Å². The molecule has 0 radical (unpaired) electrons. The highest BCUT2D eigenvalue weighted by atomic mass is 16.5. The summed E-state index contributed by atoms with van der Waals surface area (Å²) >= 11 is 0. The van der Waals surface area contributed by atoms with Gasteiger partial charge in [0.15, 0.2) is 6.61 Å². The summed E-state index contributed by atoms with van der Waals surface area (Å²) < 4.78 is 6.16. The number of carbonyl (C=O) groups is 2. The number of rotatable bonds is 8. The minimum absolute atomic E-state index is 0.00432. The number of anilines is 3. The van der Waals surface area contributed by atoms with Crippen LogP contribution >= 0.6 is 0 Å². The molecule has 2 aliphatic heterocycles. The van der Waals surface area contributed by atoms with Crippen molar-refractivity contribution in [1.29, 1.82) is 0 Å². The molecule has 1 aromatic heterocycles. The van der Waals surface area contributed by atoms with Crippen molar-refractivity contribution in [3.05, 3.63) is 94.5 Å². The van der Waals surface area contributed by atoms with Crippen molar-refractivity contribution in [3.8, 4) is 5.75 Å². The van der Waals surface area contributed by atoms with E-state index in [0.29, 0.717) is 55.7 Å². The molecule has 2 aliphatic rings. The molecule has 3 heterocycles. The number of ether oxygens (including phenoxy) is 1. The molecule has 10 heteroatoms. The quantitative estimate of drug-likeness (QED) is 0.249. The van der Waals surface area contributed by atoms with E-state index < -0.39 is 0 Å². The molecule has 10 nitrogen and oxygen atoms in total. The third-order valence-corrected chi connectivity index (χ3v) is 8.39. The van der Waals surface area contributed by atoms with Gasteiger partial charge in [0.2, 0.25) is 5.95 Å². The number of piperazine rings is 1. The first kappa shape index (κ1) is 34.0. The standard InChI is InChI=1S/C36H47N7O3/c1-8-24(4)31(19-26(6)37-7)35(45)43-17-15-42(16-18-43)33(44)23-46-32-14-13-30-21-28(32)12-11-27(9-2)20-29(10-3)40-36-38-22-25(5)34(39-30)41-36/h9-10,13-14,19-22,37H,2,8,11-12,15-18,23H2,1,3-7H3,(H2,38,39,40,41)/b26-19-,27-20+,29-10+,31-24-. The number of aromatic nitrogens is 2. The predicted octanol–water partition coefficient (Wildman–Crippen LogP) is 5.80. The van der Waals surface area contributed by atoms with E-state index >= 15 is 0 Å². The lowest BCUT2D eigenvalue weighted by Gasteiger charge is -2.35. The monoisotopic (exact) mass is 625 g/mol. The summed E-state index contributed by atoms with van der Waals surface area (Å²) in [5.74, 6) is 1.76. The molecule has 46 heavy (non-hydrogen) atoms. The molecule has 2 aromatic rings.